The number of ether oxygens (including phenoxy) is 1. The van der Waals surface area contributed by atoms with Crippen molar-refractivity contribution in [1.29, 1.82) is 0 Å². The molecule has 1 atom stereocenters. The number of alkyl halides is 2. The second-order valence-corrected chi connectivity index (χ2v) is 5.38. The molecule has 0 saturated heterocycles. The highest BCUT2D eigenvalue weighted by Gasteiger charge is 2.44. The van der Waals surface area contributed by atoms with Crippen LogP contribution in [0.5, 0.6) is 0 Å². The lowest BCUT2D eigenvalue weighted by Crippen LogP contribution is -2.44. The van der Waals surface area contributed by atoms with Crippen LogP contribution in [0.15, 0.2) is 12.2 Å². The van der Waals surface area contributed by atoms with E-state index in [0.717, 1.165) is 0 Å². The van der Waals surface area contributed by atoms with Gasteiger partial charge < -0.3 is 9.84 Å². The molecule has 0 aliphatic rings. The van der Waals surface area contributed by atoms with E-state index in [2.05, 4.69) is 38.4 Å². The molecule has 0 heterocycles. The summed E-state index contributed by atoms with van der Waals surface area (Å²) in [5.74, 6) is -0.626. The van der Waals surface area contributed by atoms with E-state index in [1.165, 1.54) is 6.92 Å². The van der Waals surface area contributed by atoms with Crippen LogP contribution in [-0.4, -0.2) is 21.1 Å². The van der Waals surface area contributed by atoms with E-state index < -0.39 is 16.1 Å². The Morgan fingerprint density at radius 1 is 1.57 bits per heavy atom. The minimum atomic E-state index is -1.69. The van der Waals surface area contributed by atoms with Gasteiger partial charge in [0, 0.05) is 10.9 Å². The normalized spacial score (nSPS) is 15.9. The molecule has 1 N–H and O–H groups in total. The van der Waals surface area contributed by atoms with Crippen molar-refractivity contribution in [1.82, 2.24) is 0 Å². The molecule has 0 fully saturated rings. The minimum Gasteiger partial charge on any atom is -0.419 e. The summed E-state index contributed by atoms with van der Waals surface area (Å²) < 4.78 is 3.16. The molecule has 0 radical (unpaired) electrons. The molecule has 0 aromatic rings. The van der Waals surface area contributed by atoms with E-state index in [4.69, 9.17) is 4.74 Å². The van der Waals surface area contributed by atoms with Crippen molar-refractivity contribution in [2.45, 2.75) is 25.5 Å². The van der Waals surface area contributed by atoms with Crippen molar-refractivity contribution in [3.63, 3.8) is 0 Å². The van der Waals surface area contributed by atoms with Gasteiger partial charge in [0.2, 0.25) is 0 Å². The van der Waals surface area contributed by atoms with Crippen molar-refractivity contribution < 1.29 is 14.6 Å². The summed E-state index contributed by atoms with van der Waals surface area (Å²) in [4.78, 5) is 11.2. The molecule has 0 rings (SSSR count). The Kier molecular flexibility index (Phi) is 4.81. The number of aliphatic hydroxyl groups is 1. The Labute approximate surface area is 101 Å². The van der Waals surface area contributed by atoms with Gasteiger partial charge in [0.05, 0.1) is 5.41 Å². The molecule has 5 heteroatoms. The molecule has 0 aromatic heterocycles. The number of halogens is 2. The molecular weight excluding hydrogens is 316 g/mol. The maximum absolute atomic E-state index is 11.2. The third kappa shape index (κ3) is 3.37. The van der Waals surface area contributed by atoms with Gasteiger partial charge in [-0.2, -0.15) is 0 Å². The molecule has 0 aliphatic heterocycles. The Bertz CT molecular complexity index is 246. The molecule has 0 amide bonds. The predicted octanol–water partition coefficient (Wildman–Crippen LogP) is 2.57. The van der Waals surface area contributed by atoms with Crippen LogP contribution < -0.4 is 0 Å². The Morgan fingerprint density at radius 2 is 2.00 bits per heavy atom. The second kappa shape index (κ2) is 4.77. The lowest BCUT2D eigenvalue weighted by molar-refractivity contribution is -0.193. The maximum atomic E-state index is 11.2. The number of carbonyl (C=O) groups is 1. The molecule has 0 aromatic carbocycles. The van der Waals surface area contributed by atoms with Crippen LogP contribution in [-0.2, 0) is 9.53 Å². The third-order valence-electron chi connectivity index (χ3n) is 1.75. The smallest absolute Gasteiger partial charge is 0.336 e. The summed E-state index contributed by atoms with van der Waals surface area (Å²) in [5, 5.41) is 10.3. The average Bonchev–Trinajstić information content (AvgIpc) is 2.03. The Hall–Kier alpha value is 0.130. The van der Waals surface area contributed by atoms with Crippen LogP contribution in [0.1, 0.15) is 20.8 Å². The largest absolute Gasteiger partial charge is 0.419 e. The van der Waals surface area contributed by atoms with E-state index in [0.29, 0.717) is 5.33 Å². The zero-order valence-electron chi connectivity index (χ0n) is 8.43. The van der Waals surface area contributed by atoms with Gasteiger partial charge in [-0.15, -0.1) is 0 Å². The Balaban J connectivity index is 4.65. The zero-order chi connectivity index (χ0) is 11.6. The van der Waals surface area contributed by atoms with Gasteiger partial charge in [-0.05, 0) is 22.9 Å². The van der Waals surface area contributed by atoms with Crippen molar-refractivity contribution in [2.24, 2.45) is 5.41 Å². The fourth-order valence-electron chi connectivity index (χ4n) is 0.431. The molecule has 82 valence electrons. The van der Waals surface area contributed by atoms with Crippen molar-refractivity contribution >= 4 is 37.8 Å². The van der Waals surface area contributed by atoms with Gasteiger partial charge in [-0.25, -0.2) is 4.79 Å². The number of hydrogen-bond acceptors (Lipinski definition) is 3. The summed E-state index contributed by atoms with van der Waals surface area (Å²) >= 11 is 6.20. The standard InChI is InChI=1S/C9H14Br2O3/c1-6(2)7(12)14-9(11,13)8(3,4)5-10/h13H,1,5H2,2-4H3. The Morgan fingerprint density at radius 3 is 2.29 bits per heavy atom. The van der Waals surface area contributed by atoms with Gasteiger partial charge in [0.25, 0.3) is 4.70 Å². The summed E-state index contributed by atoms with van der Waals surface area (Å²) in [6.45, 7) is 8.45. The molecule has 0 aliphatic carbocycles. The monoisotopic (exact) mass is 328 g/mol. The second-order valence-electron chi connectivity index (χ2n) is 3.75. The van der Waals surface area contributed by atoms with Crippen LogP contribution in [0.2, 0.25) is 0 Å². The van der Waals surface area contributed by atoms with E-state index in [1.807, 2.05) is 0 Å². The maximum Gasteiger partial charge on any atom is 0.336 e. The first-order valence-corrected chi connectivity index (χ1v) is 5.91. The molecule has 14 heavy (non-hydrogen) atoms. The number of hydrogen-bond donors (Lipinski definition) is 1. The molecule has 0 spiro atoms. The van der Waals surface area contributed by atoms with Crippen LogP contribution >= 0.6 is 31.9 Å². The van der Waals surface area contributed by atoms with Gasteiger partial charge >= 0.3 is 5.97 Å². The van der Waals surface area contributed by atoms with Gasteiger partial charge in [-0.1, -0.05) is 36.4 Å². The van der Waals surface area contributed by atoms with Crippen molar-refractivity contribution in [3.05, 3.63) is 12.2 Å². The fraction of sp³-hybridized carbons (Fsp3) is 0.667. The highest BCUT2D eigenvalue weighted by Crippen LogP contribution is 2.39. The predicted molar refractivity (Wildman–Crippen MR) is 62.4 cm³/mol. The van der Waals surface area contributed by atoms with E-state index in [1.54, 1.807) is 13.8 Å². The molecule has 0 saturated carbocycles. The first kappa shape index (κ1) is 14.1. The minimum absolute atomic E-state index is 0.244. The first-order chi connectivity index (χ1) is 6.14. The van der Waals surface area contributed by atoms with Crippen LogP contribution in [0.25, 0.3) is 0 Å². The molecule has 1 unspecified atom stereocenters. The van der Waals surface area contributed by atoms with Crippen LogP contribution in [0, 0.1) is 5.41 Å². The number of rotatable bonds is 4. The lowest BCUT2D eigenvalue weighted by Gasteiger charge is -2.35. The van der Waals surface area contributed by atoms with Gasteiger partial charge in [0.1, 0.15) is 0 Å². The summed E-state index contributed by atoms with van der Waals surface area (Å²) in [6.07, 6.45) is 0. The van der Waals surface area contributed by atoms with Crippen molar-refractivity contribution in [3.8, 4) is 0 Å². The molecular formula is C9H14Br2O3. The van der Waals surface area contributed by atoms with Gasteiger partial charge in [-0.3, -0.25) is 0 Å². The lowest BCUT2D eigenvalue weighted by atomic mass is 9.96. The highest BCUT2D eigenvalue weighted by atomic mass is 79.9. The van der Waals surface area contributed by atoms with E-state index in [-0.39, 0.29) is 5.57 Å². The SMILES string of the molecule is C=C(C)C(=O)OC(O)(Br)C(C)(C)CBr. The van der Waals surface area contributed by atoms with Gasteiger partial charge in [0.15, 0.2) is 0 Å². The number of esters is 1. The summed E-state index contributed by atoms with van der Waals surface area (Å²) in [7, 11) is 0. The number of carbonyl (C=O) groups excluding carboxylic acids is 1. The quantitative estimate of drug-likeness (QED) is 0.373. The van der Waals surface area contributed by atoms with E-state index in [9.17, 15) is 9.90 Å². The fourth-order valence-corrected chi connectivity index (χ4v) is 1.47. The van der Waals surface area contributed by atoms with Crippen LogP contribution in [0.4, 0.5) is 0 Å². The highest BCUT2D eigenvalue weighted by molar-refractivity contribution is 9.10. The first-order valence-electron chi connectivity index (χ1n) is 4.00. The third-order valence-corrected chi connectivity index (χ3v) is 4.38. The summed E-state index contributed by atoms with van der Waals surface area (Å²) in [5.41, 5.74) is -0.397. The molecule has 0 bridgehead atoms. The summed E-state index contributed by atoms with van der Waals surface area (Å²) in [6, 6.07) is 0. The average molecular weight is 330 g/mol. The zero-order valence-corrected chi connectivity index (χ0v) is 11.6. The van der Waals surface area contributed by atoms with Crippen molar-refractivity contribution in [2.75, 3.05) is 5.33 Å². The van der Waals surface area contributed by atoms with Crippen LogP contribution in [0.3, 0.4) is 0 Å². The van der Waals surface area contributed by atoms with E-state index >= 15 is 0 Å². The molecule has 3 nitrogen and oxygen atoms in total. The topological polar surface area (TPSA) is 46.5 Å².